The van der Waals surface area contributed by atoms with Crippen LogP contribution in [0.1, 0.15) is 35.0 Å². The monoisotopic (exact) mass is 584 g/mol. The van der Waals surface area contributed by atoms with Crippen LogP contribution in [0.25, 0.3) is 11.0 Å². The van der Waals surface area contributed by atoms with Gasteiger partial charge in [-0.25, -0.2) is 9.78 Å². The van der Waals surface area contributed by atoms with Crippen molar-refractivity contribution in [2.24, 2.45) is 0 Å². The lowest BCUT2D eigenvalue weighted by Gasteiger charge is -2.15. The molecular formula is C32H29BrN2O4. The quantitative estimate of drug-likeness (QED) is 0.180. The van der Waals surface area contributed by atoms with Crippen molar-refractivity contribution in [1.82, 2.24) is 9.55 Å². The largest absolute Gasteiger partial charge is 0.489 e. The Morgan fingerprint density at radius 3 is 2.44 bits per heavy atom. The number of fused-ring (bicyclic) bond motifs is 1. The average Bonchev–Trinajstić information content (AvgIpc) is 3.27. The van der Waals surface area contributed by atoms with Gasteiger partial charge >= 0.3 is 5.97 Å². The first-order valence-electron chi connectivity index (χ1n) is 12.9. The lowest BCUT2D eigenvalue weighted by molar-refractivity contribution is -0.139. The zero-order chi connectivity index (χ0) is 27.2. The zero-order valence-electron chi connectivity index (χ0n) is 21.6. The van der Waals surface area contributed by atoms with Crippen molar-refractivity contribution in [3.05, 3.63) is 124 Å². The maximum Gasteiger partial charge on any atom is 0.341 e. The van der Waals surface area contributed by atoms with E-state index in [2.05, 4.69) is 63.0 Å². The first kappa shape index (κ1) is 26.5. The van der Waals surface area contributed by atoms with E-state index in [1.807, 2.05) is 55.5 Å². The van der Waals surface area contributed by atoms with Gasteiger partial charge in [0.05, 0.1) is 17.6 Å². The van der Waals surface area contributed by atoms with Crippen LogP contribution in [-0.2, 0) is 30.8 Å². The van der Waals surface area contributed by atoms with E-state index in [0.29, 0.717) is 18.9 Å². The number of halogens is 1. The standard InChI is InChI=1S/C32H29BrN2O4/c1-2-24-16-23(12-15-30(24)39-21-32(36)37)20-38-29-11-7-6-10-25(29)19-35-28-14-13-26(33)18-27(28)34-31(35)17-22-8-4-3-5-9-22/h3-16,18H,2,17,19-21H2,1H3,(H,36,37). The fraction of sp³-hybridized carbons (Fsp3) is 0.188. The molecule has 0 radical (unpaired) electrons. The molecule has 0 aliphatic rings. The van der Waals surface area contributed by atoms with E-state index in [0.717, 1.165) is 56.6 Å². The maximum atomic E-state index is 10.9. The summed E-state index contributed by atoms with van der Waals surface area (Å²) < 4.78 is 15.0. The number of aryl methyl sites for hydroxylation is 1. The van der Waals surface area contributed by atoms with E-state index >= 15 is 0 Å². The molecule has 0 aliphatic carbocycles. The summed E-state index contributed by atoms with van der Waals surface area (Å²) in [5, 5.41) is 8.93. The van der Waals surface area contributed by atoms with Gasteiger partial charge in [0.25, 0.3) is 0 Å². The van der Waals surface area contributed by atoms with Crippen molar-refractivity contribution < 1.29 is 19.4 Å². The summed E-state index contributed by atoms with van der Waals surface area (Å²) >= 11 is 3.58. The molecule has 5 aromatic rings. The lowest BCUT2D eigenvalue weighted by atomic mass is 10.1. The molecule has 0 saturated carbocycles. The Balaban J connectivity index is 1.39. The fourth-order valence-electron chi connectivity index (χ4n) is 4.63. The number of hydrogen-bond acceptors (Lipinski definition) is 4. The summed E-state index contributed by atoms with van der Waals surface area (Å²) in [5.74, 6) is 1.40. The van der Waals surface area contributed by atoms with Crippen LogP contribution in [0.2, 0.25) is 0 Å². The summed E-state index contributed by atoms with van der Waals surface area (Å²) in [7, 11) is 0. The normalized spacial score (nSPS) is 11.0. The third-order valence-corrected chi connectivity index (χ3v) is 7.04. The van der Waals surface area contributed by atoms with Crippen LogP contribution in [0.4, 0.5) is 0 Å². The Kier molecular flexibility index (Phi) is 8.27. The molecule has 198 valence electrons. The second-order valence-electron chi connectivity index (χ2n) is 9.28. The zero-order valence-corrected chi connectivity index (χ0v) is 23.2. The van der Waals surface area contributed by atoms with Crippen LogP contribution in [0, 0.1) is 0 Å². The molecule has 6 nitrogen and oxygen atoms in total. The number of carboxylic acids is 1. The minimum absolute atomic E-state index is 0.359. The van der Waals surface area contributed by atoms with E-state index < -0.39 is 5.97 Å². The number of nitrogens with zero attached hydrogens (tertiary/aromatic N) is 2. The van der Waals surface area contributed by atoms with Gasteiger partial charge < -0.3 is 19.1 Å². The molecule has 5 rings (SSSR count). The number of carboxylic acid groups (broad SMARTS) is 1. The van der Waals surface area contributed by atoms with Gasteiger partial charge in [-0.2, -0.15) is 0 Å². The third-order valence-electron chi connectivity index (χ3n) is 6.55. The topological polar surface area (TPSA) is 73.6 Å². The highest BCUT2D eigenvalue weighted by Crippen LogP contribution is 2.28. The highest BCUT2D eigenvalue weighted by atomic mass is 79.9. The van der Waals surface area contributed by atoms with Gasteiger partial charge in [0.15, 0.2) is 6.61 Å². The molecule has 7 heteroatoms. The first-order chi connectivity index (χ1) is 19.0. The van der Waals surface area contributed by atoms with E-state index in [1.54, 1.807) is 0 Å². The molecule has 1 heterocycles. The molecule has 1 aromatic heterocycles. The summed E-state index contributed by atoms with van der Waals surface area (Å²) in [4.78, 5) is 15.9. The van der Waals surface area contributed by atoms with Crippen LogP contribution in [0.5, 0.6) is 11.5 Å². The summed E-state index contributed by atoms with van der Waals surface area (Å²) in [6.45, 7) is 2.67. The predicted octanol–water partition coefficient (Wildman–Crippen LogP) is 7.04. The van der Waals surface area contributed by atoms with Gasteiger partial charge in [-0.1, -0.05) is 77.5 Å². The smallest absolute Gasteiger partial charge is 0.341 e. The van der Waals surface area contributed by atoms with Crippen molar-refractivity contribution in [2.75, 3.05) is 6.61 Å². The number of rotatable bonds is 11. The number of carbonyl (C=O) groups is 1. The Labute approximate surface area is 236 Å². The predicted molar refractivity (Wildman–Crippen MR) is 156 cm³/mol. The van der Waals surface area contributed by atoms with Gasteiger partial charge in [-0.3, -0.25) is 0 Å². The Hall–Kier alpha value is -4.10. The molecule has 0 aliphatic heterocycles. The van der Waals surface area contributed by atoms with E-state index in [9.17, 15) is 4.79 Å². The summed E-state index contributed by atoms with van der Waals surface area (Å²) in [5.41, 5.74) is 6.24. The highest BCUT2D eigenvalue weighted by Gasteiger charge is 2.15. The second-order valence-corrected chi connectivity index (χ2v) is 10.2. The number of aliphatic carboxylic acids is 1. The van der Waals surface area contributed by atoms with E-state index in [4.69, 9.17) is 19.6 Å². The average molecular weight is 585 g/mol. The minimum atomic E-state index is -0.994. The van der Waals surface area contributed by atoms with Crippen LogP contribution in [0.3, 0.4) is 0 Å². The maximum absolute atomic E-state index is 10.9. The molecule has 0 saturated heterocycles. The molecule has 0 atom stereocenters. The minimum Gasteiger partial charge on any atom is -0.489 e. The van der Waals surface area contributed by atoms with Crippen LogP contribution < -0.4 is 9.47 Å². The Morgan fingerprint density at radius 1 is 0.872 bits per heavy atom. The molecule has 0 spiro atoms. The molecule has 0 unspecified atom stereocenters. The van der Waals surface area contributed by atoms with Crippen molar-refractivity contribution in [1.29, 1.82) is 0 Å². The highest BCUT2D eigenvalue weighted by molar-refractivity contribution is 9.10. The van der Waals surface area contributed by atoms with Crippen molar-refractivity contribution >= 4 is 32.9 Å². The number of benzene rings is 4. The van der Waals surface area contributed by atoms with Gasteiger partial charge in [0.1, 0.15) is 23.9 Å². The van der Waals surface area contributed by atoms with Gasteiger partial charge in [0, 0.05) is 16.5 Å². The van der Waals surface area contributed by atoms with Crippen molar-refractivity contribution in [3.63, 3.8) is 0 Å². The molecule has 0 bridgehead atoms. The SMILES string of the molecule is CCc1cc(COc2ccccc2Cn2c(Cc3ccccc3)nc3cc(Br)ccc32)ccc1OCC(=O)O. The molecule has 4 aromatic carbocycles. The number of aromatic nitrogens is 2. The number of para-hydroxylation sites is 1. The molecule has 39 heavy (non-hydrogen) atoms. The van der Waals surface area contributed by atoms with E-state index in [1.165, 1.54) is 5.56 Å². The number of ether oxygens (including phenoxy) is 2. The van der Waals surface area contributed by atoms with Gasteiger partial charge in [-0.15, -0.1) is 0 Å². The van der Waals surface area contributed by atoms with Crippen molar-refractivity contribution in [3.8, 4) is 11.5 Å². The summed E-state index contributed by atoms with van der Waals surface area (Å²) in [6.07, 6.45) is 1.46. The Morgan fingerprint density at radius 2 is 1.64 bits per heavy atom. The van der Waals surface area contributed by atoms with Crippen LogP contribution in [-0.4, -0.2) is 27.2 Å². The third kappa shape index (κ3) is 6.49. The van der Waals surface area contributed by atoms with Crippen molar-refractivity contribution in [2.45, 2.75) is 32.9 Å². The summed E-state index contributed by atoms with van der Waals surface area (Å²) in [6, 6.07) is 30.4. The molecule has 1 N–H and O–H groups in total. The van der Waals surface area contributed by atoms with Gasteiger partial charge in [0.2, 0.25) is 0 Å². The van der Waals surface area contributed by atoms with Crippen LogP contribution in [0.15, 0.2) is 95.5 Å². The van der Waals surface area contributed by atoms with Crippen LogP contribution >= 0.6 is 15.9 Å². The second kappa shape index (κ2) is 12.2. The van der Waals surface area contributed by atoms with Gasteiger partial charge in [-0.05, 0) is 59.5 Å². The molecule has 0 fully saturated rings. The fourth-order valence-corrected chi connectivity index (χ4v) is 4.98. The molecule has 0 amide bonds. The Bertz CT molecular complexity index is 1600. The lowest BCUT2D eigenvalue weighted by Crippen LogP contribution is -2.11. The molecular weight excluding hydrogens is 556 g/mol. The number of imidazole rings is 1. The van der Waals surface area contributed by atoms with E-state index in [-0.39, 0.29) is 6.61 Å². The first-order valence-corrected chi connectivity index (χ1v) is 13.6. The number of hydrogen-bond donors (Lipinski definition) is 1.